The van der Waals surface area contributed by atoms with Crippen LogP contribution in [0.15, 0.2) is 24.4 Å². The van der Waals surface area contributed by atoms with E-state index < -0.39 is 0 Å². The van der Waals surface area contributed by atoms with E-state index in [1.165, 1.54) is 37.8 Å². The van der Waals surface area contributed by atoms with Crippen LogP contribution in [0.25, 0.3) is 0 Å². The van der Waals surface area contributed by atoms with E-state index in [1.54, 1.807) is 0 Å². The van der Waals surface area contributed by atoms with Crippen molar-refractivity contribution in [2.24, 2.45) is 0 Å². The zero-order valence-corrected chi connectivity index (χ0v) is 8.50. The SMILES string of the molecule is C=C(/C=C\C)N1C2CCCC1CC2. The topological polar surface area (TPSA) is 3.24 Å². The maximum atomic E-state index is 4.15. The average molecular weight is 177 g/mol. The summed E-state index contributed by atoms with van der Waals surface area (Å²) < 4.78 is 0. The van der Waals surface area contributed by atoms with Crippen molar-refractivity contribution in [3.8, 4) is 0 Å². The number of hydrogen-bond acceptors (Lipinski definition) is 1. The fraction of sp³-hybridized carbons (Fsp3) is 0.667. The highest BCUT2D eigenvalue weighted by Gasteiger charge is 2.36. The average Bonchev–Trinajstić information content (AvgIpc) is 2.37. The first-order valence-corrected chi connectivity index (χ1v) is 5.43. The molecule has 2 saturated heterocycles. The summed E-state index contributed by atoms with van der Waals surface area (Å²) in [5, 5.41) is 0. The second kappa shape index (κ2) is 3.57. The lowest BCUT2D eigenvalue weighted by molar-refractivity contribution is 0.194. The van der Waals surface area contributed by atoms with Crippen molar-refractivity contribution in [2.45, 2.75) is 51.1 Å². The summed E-state index contributed by atoms with van der Waals surface area (Å²) in [4.78, 5) is 2.56. The Bertz CT molecular complexity index is 213. The first kappa shape index (κ1) is 8.86. The molecule has 2 fully saturated rings. The zero-order valence-electron chi connectivity index (χ0n) is 8.50. The lowest BCUT2D eigenvalue weighted by atomic mass is 10.0. The molecule has 13 heavy (non-hydrogen) atoms. The first-order valence-electron chi connectivity index (χ1n) is 5.43. The molecule has 2 heterocycles. The van der Waals surface area contributed by atoms with Crippen LogP contribution in [0.5, 0.6) is 0 Å². The van der Waals surface area contributed by atoms with Crippen molar-refractivity contribution < 1.29 is 0 Å². The molecule has 2 aliphatic rings. The molecule has 2 atom stereocenters. The Morgan fingerprint density at radius 3 is 2.38 bits per heavy atom. The summed E-state index contributed by atoms with van der Waals surface area (Å²) in [6.45, 7) is 6.21. The highest BCUT2D eigenvalue weighted by Crippen LogP contribution is 2.37. The lowest BCUT2D eigenvalue weighted by Gasteiger charge is -2.37. The highest BCUT2D eigenvalue weighted by molar-refractivity contribution is 5.17. The zero-order chi connectivity index (χ0) is 9.26. The summed E-state index contributed by atoms with van der Waals surface area (Å²) in [5.41, 5.74) is 1.23. The monoisotopic (exact) mass is 177 g/mol. The molecular weight excluding hydrogens is 158 g/mol. The van der Waals surface area contributed by atoms with Crippen LogP contribution in [-0.4, -0.2) is 17.0 Å². The van der Waals surface area contributed by atoms with Crippen molar-refractivity contribution in [2.75, 3.05) is 0 Å². The molecule has 0 aromatic carbocycles. The van der Waals surface area contributed by atoms with E-state index in [1.807, 2.05) is 0 Å². The Morgan fingerprint density at radius 1 is 1.23 bits per heavy atom. The Kier molecular flexibility index (Phi) is 2.43. The van der Waals surface area contributed by atoms with E-state index in [4.69, 9.17) is 0 Å². The van der Waals surface area contributed by atoms with Gasteiger partial charge < -0.3 is 4.90 Å². The molecule has 1 nitrogen and oxygen atoms in total. The molecule has 2 unspecified atom stereocenters. The lowest BCUT2D eigenvalue weighted by Crippen LogP contribution is -2.37. The smallest absolute Gasteiger partial charge is 0.0294 e. The molecule has 0 N–H and O–H groups in total. The van der Waals surface area contributed by atoms with Crippen molar-refractivity contribution in [3.05, 3.63) is 24.4 Å². The van der Waals surface area contributed by atoms with Crippen molar-refractivity contribution in [3.63, 3.8) is 0 Å². The number of nitrogens with zero attached hydrogens (tertiary/aromatic N) is 1. The van der Waals surface area contributed by atoms with Crippen LogP contribution in [0.2, 0.25) is 0 Å². The summed E-state index contributed by atoms with van der Waals surface area (Å²) in [7, 11) is 0. The Balaban J connectivity index is 2.10. The minimum absolute atomic E-state index is 0.808. The number of allylic oxidation sites excluding steroid dienone is 2. The number of hydrogen-bond donors (Lipinski definition) is 0. The quantitative estimate of drug-likeness (QED) is 0.586. The Hall–Kier alpha value is -0.720. The summed E-state index contributed by atoms with van der Waals surface area (Å²) in [5.74, 6) is 0. The molecule has 72 valence electrons. The predicted octanol–water partition coefficient (Wildman–Crippen LogP) is 3.09. The van der Waals surface area contributed by atoms with Gasteiger partial charge in [0.1, 0.15) is 0 Å². The van der Waals surface area contributed by atoms with Gasteiger partial charge in [0, 0.05) is 17.8 Å². The van der Waals surface area contributed by atoms with Gasteiger partial charge in [0.15, 0.2) is 0 Å². The van der Waals surface area contributed by atoms with Gasteiger partial charge in [-0.1, -0.05) is 12.7 Å². The van der Waals surface area contributed by atoms with Gasteiger partial charge in [0.05, 0.1) is 0 Å². The summed E-state index contributed by atoms with van der Waals surface area (Å²) >= 11 is 0. The minimum atomic E-state index is 0.808. The molecule has 0 aromatic rings. The number of piperidine rings is 1. The highest BCUT2D eigenvalue weighted by atomic mass is 15.2. The standard InChI is InChI=1S/C12H19N/c1-3-5-10(2)13-11-6-4-7-12(13)9-8-11/h3,5,11-12H,2,4,6-9H2,1H3/b5-3-. The van der Waals surface area contributed by atoms with Gasteiger partial charge in [0.2, 0.25) is 0 Å². The largest absolute Gasteiger partial charge is 0.366 e. The molecule has 1 heteroatoms. The molecule has 0 spiro atoms. The fourth-order valence-corrected chi connectivity index (χ4v) is 2.86. The Morgan fingerprint density at radius 2 is 1.85 bits per heavy atom. The third kappa shape index (κ3) is 1.52. The van der Waals surface area contributed by atoms with E-state index in [0.29, 0.717) is 0 Å². The van der Waals surface area contributed by atoms with Gasteiger partial charge in [-0.05, 0) is 45.1 Å². The van der Waals surface area contributed by atoms with Crippen LogP contribution < -0.4 is 0 Å². The van der Waals surface area contributed by atoms with Crippen molar-refractivity contribution in [1.82, 2.24) is 4.90 Å². The maximum absolute atomic E-state index is 4.15. The molecule has 2 aliphatic heterocycles. The third-order valence-electron chi connectivity index (χ3n) is 3.39. The molecule has 0 amide bonds. The second-order valence-electron chi connectivity index (χ2n) is 4.21. The normalized spacial score (nSPS) is 32.8. The van der Waals surface area contributed by atoms with Crippen LogP contribution in [0.1, 0.15) is 39.0 Å². The molecular formula is C12H19N. The molecule has 2 bridgehead atoms. The van der Waals surface area contributed by atoms with Crippen LogP contribution in [-0.2, 0) is 0 Å². The number of rotatable bonds is 2. The van der Waals surface area contributed by atoms with Crippen molar-refractivity contribution in [1.29, 1.82) is 0 Å². The van der Waals surface area contributed by atoms with Gasteiger partial charge in [0.25, 0.3) is 0 Å². The van der Waals surface area contributed by atoms with Gasteiger partial charge in [-0.25, -0.2) is 0 Å². The van der Waals surface area contributed by atoms with Crippen LogP contribution in [0.3, 0.4) is 0 Å². The van der Waals surface area contributed by atoms with Gasteiger partial charge in [-0.15, -0.1) is 0 Å². The van der Waals surface area contributed by atoms with E-state index in [0.717, 1.165) is 12.1 Å². The number of fused-ring (bicyclic) bond motifs is 2. The summed E-state index contributed by atoms with van der Waals surface area (Å²) in [6.07, 6.45) is 11.2. The van der Waals surface area contributed by atoms with E-state index in [2.05, 4.69) is 30.6 Å². The first-order chi connectivity index (χ1) is 6.33. The van der Waals surface area contributed by atoms with E-state index in [9.17, 15) is 0 Å². The van der Waals surface area contributed by atoms with E-state index >= 15 is 0 Å². The van der Waals surface area contributed by atoms with Gasteiger partial charge in [-0.2, -0.15) is 0 Å². The van der Waals surface area contributed by atoms with Crippen LogP contribution in [0.4, 0.5) is 0 Å². The molecule has 0 aliphatic carbocycles. The molecule has 0 radical (unpaired) electrons. The Labute approximate surface area is 81.1 Å². The van der Waals surface area contributed by atoms with Crippen LogP contribution >= 0.6 is 0 Å². The maximum Gasteiger partial charge on any atom is 0.0294 e. The minimum Gasteiger partial charge on any atom is -0.366 e. The van der Waals surface area contributed by atoms with Crippen molar-refractivity contribution >= 4 is 0 Å². The third-order valence-corrected chi connectivity index (χ3v) is 3.39. The second-order valence-corrected chi connectivity index (χ2v) is 4.21. The molecule has 0 aromatic heterocycles. The predicted molar refractivity (Wildman–Crippen MR) is 56.5 cm³/mol. The van der Waals surface area contributed by atoms with E-state index in [-0.39, 0.29) is 0 Å². The summed E-state index contributed by atoms with van der Waals surface area (Å²) in [6, 6.07) is 1.62. The van der Waals surface area contributed by atoms with Gasteiger partial charge >= 0.3 is 0 Å². The molecule has 0 saturated carbocycles. The van der Waals surface area contributed by atoms with Gasteiger partial charge in [-0.3, -0.25) is 0 Å². The van der Waals surface area contributed by atoms with Crippen LogP contribution in [0, 0.1) is 0 Å². The molecule has 2 rings (SSSR count). The fourth-order valence-electron chi connectivity index (χ4n) is 2.86.